The number of aromatic nitrogens is 1. The molecule has 0 saturated carbocycles. The van der Waals surface area contributed by atoms with Gasteiger partial charge in [-0.1, -0.05) is 20.8 Å². The number of ether oxygens (including phenoxy) is 1. The van der Waals surface area contributed by atoms with E-state index in [4.69, 9.17) is 9.84 Å². The van der Waals surface area contributed by atoms with E-state index in [1.807, 2.05) is 20.8 Å². The maximum atomic E-state index is 12.0. The summed E-state index contributed by atoms with van der Waals surface area (Å²) in [5.41, 5.74) is -0.0676. The first-order valence-corrected chi connectivity index (χ1v) is 8.85. The number of hydrogen-bond acceptors (Lipinski definition) is 4. The van der Waals surface area contributed by atoms with Crippen LogP contribution < -0.4 is 33.9 Å². The first-order valence-electron chi connectivity index (χ1n) is 8.85. The number of hydrogen-bond donors (Lipinski definition) is 2. The number of amides is 2. The Bertz CT molecular complexity index is 681. The summed E-state index contributed by atoms with van der Waals surface area (Å²) < 4.78 is 6.75. The molecule has 1 aromatic rings. The Labute approximate surface area is 183 Å². The van der Waals surface area contributed by atoms with Crippen molar-refractivity contribution < 1.29 is 52.8 Å². The van der Waals surface area contributed by atoms with Crippen molar-refractivity contribution in [1.29, 1.82) is 0 Å². The third-order valence-corrected chi connectivity index (χ3v) is 3.99. The number of aliphatic carboxylic acids is 1. The molecule has 0 aliphatic carbocycles. The van der Waals surface area contributed by atoms with Crippen molar-refractivity contribution in [3.63, 3.8) is 0 Å². The third-order valence-electron chi connectivity index (χ3n) is 3.99. The molecule has 9 heteroatoms. The molecule has 158 valence electrons. The van der Waals surface area contributed by atoms with E-state index in [0.717, 1.165) is 0 Å². The monoisotopic (exact) mass is 507 g/mol. The summed E-state index contributed by atoms with van der Waals surface area (Å²) in [5, 5.41) is 11.8. The van der Waals surface area contributed by atoms with E-state index in [1.54, 1.807) is 43.2 Å². The van der Waals surface area contributed by atoms with Gasteiger partial charge >= 0.3 is 12.1 Å². The van der Waals surface area contributed by atoms with Crippen LogP contribution in [0.5, 0.6) is 0 Å². The van der Waals surface area contributed by atoms with Crippen LogP contribution in [0.2, 0.25) is 0 Å². The largest absolute Gasteiger partial charge is 1.00 e. The van der Waals surface area contributed by atoms with Crippen molar-refractivity contribution in [3.8, 4) is 0 Å². The van der Waals surface area contributed by atoms with Crippen molar-refractivity contribution in [1.82, 2.24) is 10.2 Å². The molecule has 0 aliphatic heterocycles. The van der Waals surface area contributed by atoms with Crippen LogP contribution in [-0.4, -0.2) is 48.6 Å². The van der Waals surface area contributed by atoms with E-state index >= 15 is 0 Å². The minimum absolute atomic E-state index is 0. The van der Waals surface area contributed by atoms with Crippen molar-refractivity contribution in [2.45, 2.75) is 40.3 Å². The molecule has 2 amide bonds. The zero-order chi connectivity index (χ0) is 20.6. The Morgan fingerprint density at radius 3 is 2.50 bits per heavy atom. The van der Waals surface area contributed by atoms with Crippen LogP contribution >= 0.6 is 0 Å². The fourth-order valence-electron chi connectivity index (χ4n) is 3.01. The fraction of sp³-hybridized carbons (Fsp3) is 0.579. The standard InChI is InChI=1S/C19H29N3O5.HI/c1-14(2)9-19(3,10-16(23)24)12-20-18(26)27-13-22-8-6-7-15(11-22)17(25)21(4)5;/h6-8,11,14H,9-10,12-13H2,1-5H3,(H-,20,23,24,26);1H. The fourth-order valence-corrected chi connectivity index (χ4v) is 3.01. The highest BCUT2D eigenvalue weighted by molar-refractivity contribution is 5.93. The van der Waals surface area contributed by atoms with Crippen molar-refractivity contribution in [2.75, 3.05) is 20.6 Å². The molecule has 8 nitrogen and oxygen atoms in total. The van der Waals surface area contributed by atoms with Gasteiger partial charge in [0.2, 0.25) is 0 Å². The number of carboxylic acid groups (broad SMARTS) is 1. The predicted molar refractivity (Wildman–Crippen MR) is 99.0 cm³/mol. The SMILES string of the molecule is CC(C)CC(C)(CNC(=O)OC[n+]1cccc(C(=O)N(C)C)c1)CC(=O)O.[I-]. The molecule has 0 radical (unpaired) electrons. The molecule has 1 rings (SSSR count). The Morgan fingerprint density at radius 2 is 1.96 bits per heavy atom. The van der Waals surface area contributed by atoms with E-state index in [-0.39, 0.29) is 49.6 Å². The molecule has 0 bridgehead atoms. The molecule has 28 heavy (non-hydrogen) atoms. The summed E-state index contributed by atoms with van der Waals surface area (Å²) in [7, 11) is 3.32. The van der Waals surface area contributed by atoms with Gasteiger partial charge in [0.1, 0.15) is 5.56 Å². The van der Waals surface area contributed by atoms with Crippen LogP contribution in [0.3, 0.4) is 0 Å². The Kier molecular flexibility index (Phi) is 11.0. The van der Waals surface area contributed by atoms with Gasteiger partial charge < -0.3 is 44.0 Å². The van der Waals surface area contributed by atoms with Gasteiger partial charge in [-0.3, -0.25) is 9.59 Å². The molecule has 2 N–H and O–H groups in total. The number of nitrogens with one attached hydrogen (secondary N) is 1. The average molecular weight is 507 g/mol. The summed E-state index contributed by atoms with van der Waals surface area (Å²) in [6.45, 7) is 6.01. The van der Waals surface area contributed by atoms with Crippen molar-refractivity contribution in [2.24, 2.45) is 11.3 Å². The number of nitrogens with zero attached hydrogens (tertiary/aromatic N) is 2. The van der Waals surface area contributed by atoms with E-state index in [1.165, 1.54) is 4.90 Å². The number of carboxylic acids is 1. The second kappa shape index (κ2) is 11.8. The summed E-state index contributed by atoms with van der Waals surface area (Å²) >= 11 is 0. The molecule has 0 aromatic carbocycles. The second-order valence-electron chi connectivity index (χ2n) is 7.70. The van der Waals surface area contributed by atoms with Crippen molar-refractivity contribution in [3.05, 3.63) is 30.1 Å². The van der Waals surface area contributed by atoms with Gasteiger partial charge in [-0.2, -0.15) is 4.57 Å². The summed E-state index contributed by atoms with van der Waals surface area (Å²) in [4.78, 5) is 36.5. The topological polar surface area (TPSA) is 99.8 Å². The molecule has 0 spiro atoms. The van der Waals surface area contributed by atoms with E-state index in [9.17, 15) is 14.4 Å². The number of carbonyl (C=O) groups is 3. The van der Waals surface area contributed by atoms with Crippen LogP contribution in [-0.2, 0) is 16.3 Å². The van der Waals surface area contributed by atoms with Crippen LogP contribution in [0.4, 0.5) is 4.79 Å². The van der Waals surface area contributed by atoms with Gasteiger partial charge in [0.25, 0.3) is 12.6 Å². The van der Waals surface area contributed by atoms with Crippen molar-refractivity contribution >= 4 is 18.0 Å². The van der Waals surface area contributed by atoms with Gasteiger partial charge in [0, 0.05) is 26.7 Å². The van der Waals surface area contributed by atoms with Gasteiger partial charge in [0.05, 0.1) is 6.42 Å². The molecule has 1 unspecified atom stereocenters. The minimum atomic E-state index is -0.897. The van der Waals surface area contributed by atoms with Gasteiger partial charge in [-0.15, -0.1) is 0 Å². The maximum Gasteiger partial charge on any atom is 0.412 e. The Hall–Kier alpha value is -1.91. The lowest BCUT2D eigenvalue weighted by molar-refractivity contribution is -0.727. The predicted octanol–water partition coefficient (Wildman–Crippen LogP) is -1.11. The number of carbonyl (C=O) groups excluding carboxylic acids is 2. The summed E-state index contributed by atoms with van der Waals surface area (Å²) in [6, 6.07) is 3.38. The third kappa shape index (κ3) is 9.34. The lowest BCUT2D eigenvalue weighted by atomic mass is 9.79. The summed E-state index contributed by atoms with van der Waals surface area (Å²) in [5.74, 6) is -0.738. The summed E-state index contributed by atoms with van der Waals surface area (Å²) in [6.07, 6.45) is 3.29. The number of alkyl carbamates (subject to hydrolysis) is 1. The molecule has 0 fully saturated rings. The quantitative estimate of drug-likeness (QED) is 0.327. The molecule has 1 aromatic heterocycles. The second-order valence-corrected chi connectivity index (χ2v) is 7.70. The van der Waals surface area contributed by atoms with Crippen LogP contribution in [0.15, 0.2) is 24.5 Å². The smallest absolute Gasteiger partial charge is 0.412 e. The lowest BCUT2D eigenvalue weighted by Gasteiger charge is -2.29. The van der Waals surface area contributed by atoms with Gasteiger partial charge in [-0.05, 0) is 23.8 Å². The molecule has 1 heterocycles. The van der Waals surface area contributed by atoms with Gasteiger partial charge in [-0.25, -0.2) is 4.79 Å². The first kappa shape index (κ1) is 26.1. The lowest BCUT2D eigenvalue weighted by Crippen LogP contribution is -3.00. The first-order chi connectivity index (χ1) is 12.5. The minimum Gasteiger partial charge on any atom is -1.00 e. The molecule has 1 atom stereocenters. The Balaban J connectivity index is 0.00000729. The highest BCUT2D eigenvalue weighted by Crippen LogP contribution is 2.29. The zero-order valence-electron chi connectivity index (χ0n) is 17.1. The maximum absolute atomic E-state index is 12.0. The number of rotatable bonds is 9. The van der Waals surface area contributed by atoms with E-state index < -0.39 is 17.5 Å². The number of pyridine rings is 1. The number of halogens is 1. The van der Waals surface area contributed by atoms with E-state index in [0.29, 0.717) is 17.9 Å². The molecule has 0 saturated heterocycles. The van der Waals surface area contributed by atoms with Crippen LogP contribution in [0.25, 0.3) is 0 Å². The van der Waals surface area contributed by atoms with Crippen LogP contribution in [0.1, 0.15) is 44.0 Å². The average Bonchev–Trinajstić information content (AvgIpc) is 2.56. The highest BCUT2D eigenvalue weighted by Gasteiger charge is 2.29. The van der Waals surface area contributed by atoms with Gasteiger partial charge in [0.15, 0.2) is 12.4 Å². The zero-order valence-corrected chi connectivity index (χ0v) is 19.2. The molecular weight excluding hydrogens is 477 g/mol. The molecular formula is C19H30IN3O5. The highest BCUT2D eigenvalue weighted by atomic mass is 127. The van der Waals surface area contributed by atoms with Crippen LogP contribution in [0, 0.1) is 11.3 Å². The van der Waals surface area contributed by atoms with E-state index in [2.05, 4.69) is 5.32 Å². The normalized spacial score (nSPS) is 12.5. The Morgan fingerprint density at radius 1 is 1.32 bits per heavy atom. The molecule has 0 aliphatic rings.